The van der Waals surface area contributed by atoms with Crippen molar-refractivity contribution in [1.82, 2.24) is 25.1 Å². The van der Waals surface area contributed by atoms with Crippen LogP contribution in [0.25, 0.3) is 0 Å². The molecule has 2 heterocycles. The summed E-state index contributed by atoms with van der Waals surface area (Å²) in [5.41, 5.74) is 3.71. The van der Waals surface area contributed by atoms with Crippen LogP contribution in [0.2, 0.25) is 0 Å². The summed E-state index contributed by atoms with van der Waals surface area (Å²) in [5, 5.41) is 12.5. The predicted molar refractivity (Wildman–Crippen MR) is 99.6 cm³/mol. The van der Waals surface area contributed by atoms with Crippen molar-refractivity contribution < 1.29 is 4.79 Å². The third-order valence-electron chi connectivity index (χ3n) is 4.48. The van der Waals surface area contributed by atoms with Gasteiger partial charge in [-0.2, -0.15) is 0 Å². The van der Waals surface area contributed by atoms with E-state index in [0.717, 1.165) is 18.5 Å². The first-order valence-corrected chi connectivity index (χ1v) is 9.55. The van der Waals surface area contributed by atoms with Crippen LogP contribution in [0.15, 0.2) is 59.8 Å². The predicted octanol–water partition coefficient (Wildman–Crippen LogP) is 2.40. The second-order valence-corrected chi connectivity index (χ2v) is 7.17. The van der Waals surface area contributed by atoms with E-state index < -0.39 is 0 Å². The molecule has 7 heteroatoms. The molecule has 1 aromatic heterocycles. The van der Waals surface area contributed by atoms with E-state index in [2.05, 4.69) is 33.7 Å². The van der Waals surface area contributed by atoms with Crippen LogP contribution in [0, 0.1) is 0 Å². The van der Waals surface area contributed by atoms with Crippen LogP contribution in [-0.4, -0.2) is 43.3 Å². The van der Waals surface area contributed by atoms with Gasteiger partial charge < -0.3 is 4.90 Å². The number of nitrogens with zero attached hydrogens (tertiary/aromatic N) is 5. The first kappa shape index (κ1) is 16.8. The standard InChI is InChI=1S/C19H19N5OS/c25-18(23-11-10-16-8-4-5-9-17(16)13-23)14-26-19-20-21-22-24(19)12-15-6-2-1-3-7-15/h1-9H,10-14H2. The van der Waals surface area contributed by atoms with Gasteiger partial charge in [0.05, 0.1) is 12.3 Å². The molecule has 1 aliphatic heterocycles. The van der Waals surface area contributed by atoms with Crippen LogP contribution in [0.5, 0.6) is 0 Å². The van der Waals surface area contributed by atoms with E-state index in [1.807, 2.05) is 41.3 Å². The number of hydrogen-bond acceptors (Lipinski definition) is 5. The summed E-state index contributed by atoms with van der Waals surface area (Å²) in [7, 11) is 0. The molecule has 0 N–H and O–H groups in total. The Labute approximate surface area is 156 Å². The molecule has 2 aromatic carbocycles. The maximum Gasteiger partial charge on any atom is 0.233 e. The number of thioether (sulfide) groups is 1. The molecule has 1 aliphatic rings. The van der Waals surface area contributed by atoms with Crippen molar-refractivity contribution in [1.29, 1.82) is 0 Å². The van der Waals surface area contributed by atoms with Crippen molar-refractivity contribution >= 4 is 17.7 Å². The van der Waals surface area contributed by atoms with Crippen LogP contribution in [0.4, 0.5) is 0 Å². The van der Waals surface area contributed by atoms with Gasteiger partial charge in [0.25, 0.3) is 0 Å². The molecule has 0 saturated heterocycles. The number of aromatic nitrogens is 4. The lowest BCUT2D eigenvalue weighted by Crippen LogP contribution is -2.37. The summed E-state index contributed by atoms with van der Waals surface area (Å²) < 4.78 is 1.73. The number of amides is 1. The Morgan fingerprint density at radius 1 is 1.04 bits per heavy atom. The van der Waals surface area contributed by atoms with Gasteiger partial charge in [0.2, 0.25) is 11.1 Å². The highest BCUT2D eigenvalue weighted by molar-refractivity contribution is 7.99. The summed E-state index contributed by atoms with van der Waals surface area (Å²) in [5.74, 6) is 0.468. The van der Waals surface area contributed by atoms with Gasteiger partial charge in [0.1, 0.15) is 0 Å². The zero-order chi connectivity index (χ0) is 17.8. The van der Waals surface area contributed by atoms with Crippen molar-refractivity contribution in [2.45, 2.75) is 24.7 Å². The van der Waals surface area contributed by atoms with Crippen LogP contribution in [0.3, 0.4) is 0 Å². The number of carbonyl (C=O) groups excluding carboxylic acids is 1. The average molecular weight is 365 g/mol. The number of rotatable bonds is 5. The van der Waals surface area contributed by atoms with Gasteiger partial charge in [-0.25, -0.2) is 4.68 Å². The molecular formula is C19H19N5OS. The Hall–Kier alpha value is -2.67. The van der Waals surface area contributed by atoms with Crippen molar-refractivity contribution in [3.8, 4) is 0 Å². The fourth-order valence-corrected chi connectivity index (χ4v) is 3.86. The van der Waals surface area contributed by atoms with Gasteiger partial charge in [-0.1, -0.05) is 66.4 Å². The van der Waals surface area contributed by atoms with E-state index in [4.69, 9.17) is 0 Å². The van der Waals surface area contributed by atoms with Crippen LogP contribution < -0.4 is 0 Å². The molecule has 3 aromatic rings. The minimum atomic E-state index is 0.124. The lowest BCUT2D eigenvalue weighted by molar-refractivity contribution is -0.129. The van der Waals surface area contributed by atoms with Crippen LogP contribution in [0.1, 0.15) is 16.7 Å². The highest BCUT2D eigenvalue weighted by Crippen LogP contribution is 2.21. The normalized spacial score (nSPS) is 13.5. The molecule has 0 unspecified atom stereocenters. The minimum absolute atomic E-state index is 0.124. The lowest BCUT2D eigenvalue weighted by atomic mass is 10.00. The Kier molecular flexibility index (Phi) is 4.97. The minimum Gasteiger partial charge on any atom is -0.337 e. The zero-order valence-corrected chi connectivity index (χ0v) is 15.1. The van der Waals surface area contributed by atoms with Crippen molar-refractivity contribution in [3.63, 3.8) is 0 Å². The molecule has 0 spiro atoms. The largest absolute Gasteiger partial charge is 0.337 e. The summed E-state index contributed by atoms with van der Waals surface area (Å²) in [4.78, 5) is 14.5. The molecule has 0 radical (unpaired) electrons. The van der Waals surface area contributed by atoms with E-state index in [1.165, 1.54) is 22.9 Å². The monoisotopic (exact) mass is 365 g/mol. The van der Waals surface area contributed by atoms with Gasteiger partial charge >= 0.3 is 0 Å². The van der Waals surface area contributed by atoms with Crippen LogP contribution >= 0.6 is 11.8 Å². The number of tetrazole rings is 1. The molecule has 0 atom stereocenters. The Bertz CT molecular complexity index is 896. The summed E-state index contributed by atoms with van der Waals surface area (Å²) in [6, 6.07) is 18.4. The second-order valence-electron chi connectivity index (χ2n) is 6.23. The maximum atomic E-state index is 12.6. The SMILES string of the molecule is O=C(CSc1nnnn1Cc1ccccc1)N1CCc2ccccc2C1. The number of carbonyl (C=O) groups is 1. The second kappa shape index (κ2) is 7.70. The average Bonchev–Trinajstić information content (AvgIpc) is 3.13. The number of benzene rings is 2. The first-order chi connectivity index (χ1) is 12.8. The van der Waals surface area contributed by atoms with E-state index in [0.29, 0.717) is 24.0 Å². The van der Waals surface area contributed by atoms with Gasteiger partial charge in [0.15, 0.2) is 0 Å². The first-order valence-electron chi connectivity index (χ1n) is 8.57. The van der Waals surface area contributed by atoms with Gasteiger partial charge in [0, 0.05) is 13.1 Å². The Morgan fingerprint density at radius 3 is 2.65 bits per heavy atom. The molecular weight excluding hydrogens is 346 g/mol. The quantitative estimate of drug-likeness (QED) is 0.650. The molecule has 0 aliphatic carbocycles. The van der Waals surface area contributed by atoms with E-state index >= 15 is 0 Å². The zero-order valence-electron chi connectivity index (χ0n) is 14.3. The fourth-order valence-electron chi connectivity index (χ4n) is 3.08. The van der Waals surface area contributed by atoms with Crippen LogP contribution in [-0.2, 0) is 24.3 Å². The molecule has 1 amide bonds. The molecule has 132 valence electrons. The molecule has 26 heavy (non-hydrogen) atoms. The van der Waals surface area contributed by atoms with E-state index in [9.17, 15) is 4.79 Å². The van der Waals surface area contributed by atoms with Crippen molar-refractivity contribution in [3.05, 3.63) is 71.3 Å². The molecule has 0 bridgehead atoms. The van der Waals surface area contributed by atoms with Crippen molar-refractivity contribution in [2.24, 2.45) is 0 Å². The lowest BCUT2D eigenvalue weighted by Gasteiger charge is -2.28. The molecule has 6 nitrogen and oxygen atoms in total. The molecule has 0 fully saturated rings. The van der Waals surface area contributed by atoms with Crippen molar-refractivity contribution in [2.75, 3.05) is 12.3 Å². The van der Waals surface area contributed by atoms with E-state index in [-0.39, 0.29) is 5.91 Å². The summed E-state index contributed by atoms with van der Waals surface area (Å²) >= 11 is 1.39. The fraction of sp³-hybridized carbons (Fsp3) is 0.263. The smallest absolute Gasteiger partial charge is 0.233 e. The highest BCUT2D eigenvalue weighted by Gasteiger charge is 2.21. The number of hydrogen-bond donors (Lipinski definition) is 0. The highest BCUT2D eigenvalue weighted by atomic mass is 32.2. The third kappa shape index (κ3) is 3.77. The van der Waals surface area contributed by atoms with Gasteiger partial charge in [-0.3, -0.25) is 4.79 Å². The third-order valence-corrected chi connectivity index (χ3v) is 5.42. The summed E-state index contributed by atoms with van der Waals surface area (Å²) in [6.45, 7) is 2.05. The maximum absolute atomic E-state index is 12.6. The van der Waals surface area contributed by atoms with Gasteiger partial charge in [-0.15, -0.1) is 5.10 Å². The number of fused-ring (bicyclic) bond motifs is 1. The van der Waals surface area contributed by atoms with E-state index in [1.54, 1.807) is 4.68 Å². The topological polar surface area (TPSA) is 63.9 Å². The Balaban J connectivity index is 1.36. The Morgan fingerprint density at radius 2 is 1.81 bits per heavy atom. The van der Waals surface area contributed by atoms with Gasteiger partial charge in [-0.05, 0) is 33.5 Å². The summed E-state index contributed by atoms with van der Waals surface area (Å²) in [6.07, 6.45) is 0.915. The molecule has 0 saturated carbocycles. The molecule has 4 rings (SSSR count).